The molecule has 1 aliphatic heterocycles. The van der Waals surface area contributed by atoms with E-state index in [0.29, 0.717) is 12.1 Å². The second kappa shape index (κ2) is 7.45. The number of rotatable bonds is 4. The van der Waals surface area contributed by atoms with Gasteiger partial charge < -0.3 is 4.90 Å². The Morgan fingerprint density at radius 2 is 1.88 bits per heavy atom. The minimum atomic E-state index is -4.25. The molecule has 0 bridgehead atoms. The van der Waals surface area contributed by atoms with Crippen LogP contribution >= 0.6 is 0 Å². The summed E-state index contributed by atoms with van der Waals surface area (Å²) in [5.41, 5.74) is 1.34. The summed E-state index contributed by atoms with van der Waals surface area (Å²) in [5, 5.41) is 4.04. The Morgan fingerprint density at radius 3 is 2.50 bits per heavy atom. The van der Waals surface area contributed by atoms with Crippen LogP contribution in [0.4, 0.5) is 13.2 Å². The molecule has 1 aromatic carbocycles. The van der Waals surface area contributed by atoms with E-state index < -0.39 is 12.2 Å². The monoisotopic (exact) mass is 367 g/mol. The van der Waals surface area contributed by atoms with Gasteiger partial charge in [0.1, 0.15) is 18.7 Å². The van der Waals surface area contributed by atoms with Crippen LogP contribution in [0.2, 0.25) is 0 Å². The number of amides is 1. The molecule has 140 valence electrons. The number of nitrogens with zero attached hydrogens (tertiary/aromatic N) is 5. The van der Waals surface area contributed by atoms with Gasteiger partial charge in [0.05, 0.1) is 6.54 Å². The fraction of sp³-hybridized carbons (Fsp3) is 0.471. The van der Waals surface area contributed by atoms with E-state index in [9.17, 15) is 18.0 Å². The molecule has 1 fully saturated rings. The van der Waals surface area contributed by atoms with E-state index in [2.05, 4.69) is 10.1 Å². The quantitative estimate of drug-likeness (QED) is 0.830. The second-order valence-electron chi connectivity index (χ2n) is 6.30. The van der Waals surface area contributed by atoms with Crippen LogP contribution < -0.4 is 0 Å². The zero-order valence-electron chi connectivity index (χ0n) is 14.4. The van der Waals surface area contributed by atoms with Crippen LogP contribution in [-0.4, -0.2) is 68.9 Å². The molecular formula is C17H20F3N5O. The molecule has 1 atom stereocenters. The molecule has 0 unspecified atom stereocenters. The molecule has 1 aromatic heterocycles. The Hall–Kier alpha value is -2.42. The van der Waals surface area contributed by atoms with Crippen molar-refractivity contribution in [2.75, 3.05) is 26.2 Å². The third-order valence-corrected chi connectivity index (χ3v) is 4.67. The van der Waals surface area contributed by atoms with Crippen LogP contribution in [-0.2, 0) is 6.54 Å². The highest BCUT2D eigenvalue weighted by molar-refractivity contribution is 5.95. The molecule has 2 aromatic rings. The summed E-state index contributed by atoms with van der Waals surface area (Å²) in [6, 6.07) is 5.70. The Bertz CT molecular complexity index is 739. The first-order chi connectivity index (χ1) is 12.4. The van der Waals surface area contributed by atoms with Crippen molar-refractivity contribution in [3.63, 3.8) is 0 Å². The normalized spacial score (nSPS) is 17.3. The molecule has 0 saturated carbocycles. The average molecular weight is 367 g/mol. The maximum absolute atomic E-state index is 12.9. The average Bonchev–Trinajstić information content (AvgIpc) is 3.13. The van der Waals surface area contributed by atoms with Gasteiger partial charge in [-0.1, -0.05) is 18.2 Å². The first-order valence-corrected chi connectivity index (χ1v) is 8.36. The molecule has 1 saturated heterocycles. The van der Waals surface area contributed by atoms with Gasteiger partial charge in [0.25, 0.3) is 5.91 Å². The maximum atomic E-state index is 12.9. The van der Waals surface area contributed by atoms with Gasteiger partial charge in [-0.15, -0.1) is 0 Å². The van der Waals surface area contributed by atoms with Crippen molar-refractivity contribution in [3.8, 4) is 0 Å². The summed E-state index contributed by atoms with van der Waals surface area (Å²) in [6.45, 7) is 2.53. The molecule has 3 rings (SSSR count). The SMILES string of the molecule is C[C@H](N1CCN(C(=O)c2ccccc2Cn2cncn2)CC1)C(F)(F)F. The molecule has 0 N–H and O–H groups in total. The molecule has 0 radical (unpaired) electrons. The fourth-order valence-electron chi connectivity index (χ4n) is 3.05. The summed E-state index contributed by atoms with van der Waals surface area (Å²) in [7, 11) is 0. The van der Waals surface area contributed by atoms with Gasteiger partial charge in [0.2, 0.25) is 0 Å². The standard InChI is InChI=1S/C17H20F3N5O/c1-13(17(18,19)20)23-6-8-24(9-7-23)16(26)15-5-3-2-4-14(15)10-25-12-21-11-22-25/h2-5,11-13H,6-10H2,1H3/t13-/m0/s1. The van der Waals surface area contributed by atoms with Crippen molar-refractivity contribution in [1.82, 2.24) is 24.6 Å². The first kappa shape index (κ1) is 18.4. The van der Waals surface area contributed by atoms with Crippen molar-refractivity contribution in [2.24, 2.45) is 0 Å². The Morgan fingerprint density at radius 1 is 1.19 bits per heavy atom. The number of aromatic nitrogens is 3. The molecular weight excluding hydrogens is 347 g/mol. The van der Waals surface area contributed by atoms with Crippen molar-refractivity contribution in [2.45, 2.75) is 25.7 Å². The summed E-state index contributed by atoms with van der Waals surface area (Å²) >= 11 is 0. The molecule has 6 nitrogen and oxygen atoms in total. The third kappa shape index (κ3) is 4.04. The van der Waals surface area contributed by atoms with E-state index in [1.807, 2.05) is 12.1 Å². The number of hydrogen-bond donors (Lipinski definition) is 0. The summed E-state index contributed by atoms with van der Waals surface area (Å²) < 4.78 is 40.2. The zero-order valence-corrected chi connectivity index (χ0v) is 14.4. The van der Waals surface area contributed by atoms with E-state index in [1.165, 1.54) is 11.2 Å². The Balaban J connectivity index is 1.68. The summed E-state index contributed by atoms with van der Waals surface area (Å²) in [4.78, 5) is 19.7. The number of carbonyl (C=O) groups excluding carboxylic acids is 1. The van der Waals surface area contributed by atoms with Crippen LogP contribution in [0.5, 0.6) is 0 Å². The van der Waals surface area contributed by atoms with Gasteiger partial charge in [-0.05, 0) is 18.6 Å². The van der Waals surface area contributed by atoms with E-state index >= 15 is 0 Å². The predicted molar refractivity (Wildman–Crippen MR) is 88.6 cm³/mol. The largest absolute Gasteiger partial charge is 0.403 e. The highest BCUT2D eigenvalue weighted by Crippen LogP contribution is 2.25. The predicted octanol–water partition coefficient (Wildman–Crippen LogP) is 2.04. The van der Waals surface area contributed by atoms with E-state index in [4.69, 9.17) is 0 Å². The summed E-state index contributed by atoms with van der Waals surface area (Å²) in [6.07, 6.45) is -1.26. The van der Waals surface area contributed by atoms with Crippen LogP contribution in [0.25, 0.3) is 0 Å². The number of piperazine rings is 1. The second-order valence-corrected chi connectivity index (χ2v) is 6.30. The highest BCUT2D eigenvalue weighted by atomic mass is 19.4. The van der Waals surface area contributed by atoms with Crippen LogP contribution in [0, 0.1) is 0 Å². The third-order valence-electron chi connectivity index (χ3n) is 4.67. The topological polar surface area (TPSA) is 54.3 Å². The maximum Gasteiger partial charge on any atom is 0.403 e. The Labute approximate surface area is 149 Å². The van der Waals surface area contributed by atoms with Gasteiger partial charge in [-0.3, -0.25) is 9.69 Å². The molecule has 2 heterocycles. The number of hydrogen-bond acceptors (Lipinski definition) is 4. The molecule has 1 aliphatic rings. The van der Waals surface area contributed by atoms with Crippen LogP contribution in [0.15, 0.2) is 36.9 Å². The lowest BCUT2D eigenvalue weighted by molar-refractivity contribution is -0.181. The molecule has 0 spiro atoms. The smallest absolute Gasteiger partial charge is 0.336 e. The first-order valence-electron chi connectivity index (χ1n) is 8.36. The van der Waals surface area contributed by atoms with Gasteiger partial charge in [0, 0.05) is 31.7 Å². The molecule has 26 heavy (non-hydrogen) atoms. The zero-order chi connectivity index (χ0) is 18.7. The number of alkyl halides is 3. The highest BCUT2D eigenvalue weighted by Gasteiger charge is 2.41. The van der Waals surface area contributed by atoms with E-state index in [1.54, 1.807) is 28.0 Å². The Kier molecular flexibility index (Phi) is 5.26. The fourth-order valence-corrected chi connectivity index (χ4v) is 3.05. The van der Waals surface area contributed by atoms with Crippen molar-refractivity contribution >= 4 is 5.91 Å². The van der Waals surface area contributed by atoms with E-state index in [0.717, 1.165) is 12.5 Å². The number of benzene rings is 1. The molecule has 9 heteroatoms. The summed E-state index contributed by atoms with van der Waals surface area (Å²) in [5.74, 6) is -0.167. The van der Waals surface area contributed by atoms with Gasteiger partial charge in [-0.25, -0.2) is 9.67 Å². The molecule has 0 aliphatic carbocycles. The minimum Gasteiger partial charge on any atom is -0.336 e. The van der Waals surface area contributed by atoms with Crippen LogP contribution in [0.1, 0.15) is 22.8 Å². The van der Waals surface area contributed by atoms with Crippen LogP contribution in [0.3, 0.4) is 0 Å². The lowest BCUT2D eigenvalue weighted by atomic mass is 10.1. The number of halogens is 3. The lowest BCUT2D eigenvalue weighted by Gasteiger charge is -2.38. The van der Waals surface area contributed by atoms with Gasteiger partial charge in [-0.2, -0.15) is 18.3 Å². The van der Waals surface area contributed by atoms with Crippen molar-refractivity contribution in [1.29, 1.82) is 0 Å². The van der Waals surface area contributed by atoms with Crippen molar-refractivity contribution < 1.29 is 18.0 Å². The minimum absolute atomic E-state index is 0.167. The molecule has 1 amide bonds. The lowest BCUT2D eigenvalue weighted by Crippen LogP contribution is -2.54. The van der Waals surface area contributed by atoms with Gasteiger partial charge in [0.15, 0.2) is 0 Å². The van der Waals surface area contributed by atoms with Crippen molar-refractivity contribution in [3.05, 3.63) is 48.0 Å². The van der Waals surface area contributed by atoms with E-state index in [-0.39, 0.29) is 32.1 Å². The van der Waals surface area contributed by atoms with Gasteiger partial charge >= 0.3 is 6.18 Å². The number of carbonyl (C=O) groups is 1.